The van der Waals surface area contributed by atoms with Crippen molar-refractivity contribution in [3.63, 3.8) is 0 Å². The monoisotopic (exact) mass is 334 g/mol. The molecule has 1 aliphatic rings. The number of hydrogen-bond acceptors (Lipinski definition) is 5. The molecule has 0 unspecified atom stereocenters. The number of tetrazole rings is 1. The van der Waals surface area contributed by atoms with Crippen molar-refractivity contribution >= 4 is 17.3 Å². The number of piperazine rings is 1. The molecule has 7 heteroatoms. The minimum Gasteiger partial charge on any atom is -0.369 e. The summed E-state index contributed by atoms with van der Waals surface area (Å²) in [5.74, 6) is 0.937. The van der Waals surface area contributed by atoms with Gasteiger partial charge < -0.3 is 4.90 Å². The molecule has 0 radical (unpaired) electrons. The Morgan fingerprint density at radius 1 is 1.17 bits per heavy atom. The van der Waals surface area contributed by atoms with Crippen molar-refractivity contribution in [2.45, 2.75) is 33.4 Å². The van der Waals surface area contributed by atoms with Crippen LogP contribution in [0.1, 0.15) is 31.3 Å². The lowest BCUT2D eigenvalue weighted by molar-refractivity contribution is 0.237. The summed E-state index contributed by atoms with van der Waals surface area (Å²) in [6.07, 6.45) is 0. The molecular weight excluding hydrogens is 312 g/mol. The maximum atomic E-state index is 6.14. The molecule has 1 aliphatic heterocycles. The predicted octanol–water partition coefficient (Wildman–Crippen LogP) is 2.54. The second kappa shape index (κ2) is 6.84. The van der Waals surface area contributed by atoms with Crippen LogP contribution in [0.25, 0.3) is 0 Å². The van der Waals surface area contributed by atoms with E-state index < -0.39 is 0 Å². The van der Waals surface area contributed by atoms with Gasteiger partial charge in [-0.1, -0.05) is 17.7 Å². The second-order valence-corrected chi connectivity index (χ2v) is 6.76. The third-order valence-corrected chi connectivity index (χ3v) is 4.53. The van der Waals surface area contributed by atoms with E-state index in [0.717, 1.165) is 43.6 Å². The van der Waals surface area contributed by atoms with Gasteiger partial charge in [0.15, 0.2) is 5.82 Å². The molecule has 0 bridgehead atoms. The number of anilines is 1. The Kier molecular flexibility index (Phi) is 4.82. The van der Waals surface area contributed by atoms with Gasteiger partial charge in [0, 0.05) is 36.9 Å². The summed E-state index contributed by atoms with van der Waals surface area (Å²) >= 11 is 6.14. The van der Waals surface area contributed by atoms with Crippen LogP contribution in [-0.2, 0) is 6.54 Å². The van der Waals surface area contributed by atoms with E-state index in [1.54, 1.807) is 0 Å². The molecule has 1 aromatic heterocycles. The molecule has 1 aromatic carbocycles. The first-order valence-electron chi connectivity index (χ1n) is 8.05. The van der Waals surface area contributed by atoms with Crippen LogP contribution in [-0.4, -0.2) is 51.3 Å². The molecule has 0 aliphatic carbocycles. The molecule has 2 heterocycles. The molecular formula is C16H23ClN6. The quantitative estimate of drug-likeness (QED) is 0.860. The van der Waals surface area contributed by atoms with Gasteiger partial charge >= 0.3 is 0 Å². The summed E-state index contributed by atoms with van der Waals surface area (Å²) in [6.45, 7) is 11.1. The summed E-state index contributed by atoms with van der Waals surface area (Å²) < 4.78 is 1.90. The van der Waals surface area contributed by atoms with Crippen molar-refractivity contribution in [1.82, 2.24) is 25.1 Å². The van der Waals surface area contributed by atoms with Crippen molar-refractivity contribution in [1.29, 1.82) is 0 Å². The molecule has 124 valence electrons. The summed E-state index contributed by atoms with van der Waals surface area (Å²) in [5, 5.41) is 12.8. The molecule has 23 heavy (non-hydrogen) atoms. The summed E-state index contributed by atoms with van der Waals surface area (Å²) in [7, 11) is 0. The maximum Gasteiger partial charge on any atom is 0.165 e. The lowest BCUT2D eigenvalue weighted by Crippen LogP contribution is -2.46. The molecule has 0 spiro atoms. The summed E-state index contributed by atoms with van der Waals surface area (Å²) in [5.41, 5.74) is 2.51. The van der Waals surface area contributed by atoms with Crippen molar-refractivity contribution in [2.24, 2.45) is 0 Å². The zero-order chi connectivity index (χ0) is 16.4. The predicted molar refractivity (Wildman–Crippen MR) is 91.9 cm³/mol. The Hall–Kier alpha value is -1.66. The number of hydrogen-bond donors (Lipinski definition) is 0. The van der Waals surface area contributed by atoms with Gasteiger partial charge in [0.2, 0.25) is 0 Å². The van der Waals surface area contributed by atoms with Gasteiger partial charge in [-0.3, -0.25) is 4.90 Å². The Morgan fingerprint density at radius 2 is 1.91 bits per heavy atom. The van der Waals surface area contributed by atoms with Gasteiger partial charge in [0.1, 0.15) is 0 Å². The zero-order valence-corrected chi connectivity index (χ0v) is 14.7. The molecule has 2 aromatic rings. The number of aromatic nitrogens is 4. The number of aryl methyl sites for hydroxylation is 1. The van der Waals surface area contributed by atoms with E-state index in [9.17, 15) is 0 Å². The molecule has 0 saturated carbocycles. The fraction of sp³-hybridized carbons (Fsp3) is 0.562. The van der Waals surface area contributed by atoms with Crippen LogP contribution in [0.2, 0.25) is 5.02 Å². The maximum absolute atomic E-state index is 6.14. The molecule has 6 nitrogen and oxygen atoms in total. The van der Waals surface area contributed by atoms with Crippen LogP contribution >= 0.6 is 11.6 Å². The van der Waals surface area contributed by atoms with E-state index >= 15 is 0 Å². The van der Waals surface area contributed by atoms with Gasteiger partial charge in [-0.15, -0.1) is 5.10 Å². The molecule has 0 N–H and O–H groups in total. The van der Waals surface area contributed by atoms with E-state index in [-0.39, 0.29) is 6.04 Å². The van der Waals surface area contributed by atoms with Crippen LogP contribution in [0.4, 0.5) is 5.69 Å². The van der Waals surface area contributed by atoms with E-state index in [1.807, 2.05) is 10.7 Å². The smallest absolute Gasteiger partial charge is 0.165 e. The van der Waals surface area contributed by atoms with Gasteiger partial charge in [-0.05, 0) is 48.9 Å². The largest absolute Gasteiger partial charge is 0.369 e. The molecule has 0 atom stereocenters. The van der Waals surface area contributed by atoms with Crippen molar-refractivity contribution in [3.05, 3.63) is 34.6 Å². The van der Waals surface area contributed by atoms with Crippen molar-refractivity contribution in [3.8, 4) is 0 Å². The van der Waals surface area contributed by atoms with E-state index in [1.165, 1.54) is 11.3 Å². The van der Waals surface area contributed by atoms with Crippen LogP contribution < -0.4 is 4.90 Å². The van der Waals surface area contributed by atoms with Crippen molar-refractivity contribution in [2.75, 3.05) is 31.1 Å². The summed E-state index contributed by atoms with van der Waals surface area (Å²) in [6, 6.07) is 6.38. The molecule has 1 saturated heterocycles. The van der Waals surface area contributed by atoms with E-state index in [0.29, 0.717) is 0 Å². The van der Waals surface area contributed by atoms with Gasteiger partial charge in [0.05, 0.1) is 12.6 Å². The average Bonchev–Trinajstić information content (AvgIpc) is 2.99. The zero-order valence-electron chi connectivity index (χ0n) is 13.9. The molecule has 1 fully saturated rings. The van der Waals surface area contributed by atoms with Gasteiger partial charge in [0.25, 0.3) is 0 Å². The fourth-order valence-corrected chi connectivity index (χ4v) is 3.15. The first-order chi connectivity index (χ1) is 11.0. The standard InChI is InChI=1S/C16H23ClN6/c1-12(2)23-16(18-19-20-23)11-21-6-8-22(9-7-21)15-10-14(17)5-4-13(15)3/h4-5,10,12H,6-9,11H2,1-3H3. The van der Waals surface area contributed by atoms with Crippen LogP contribution in [0.5, 0.6) is 0 Å². The lowest BCUT2D eigenvalue weighted by Gasteiger charge is -2.36. The number of halogens is 1. The van der Waals surface area contributed by atoms with Gasteiger partial charge in [-0.2, -0.15) is 0 Å². The normalized spacial score (nSPS) is 16.3. The molecule has 3 rings (SSSR count). The highest BCUT2D eigenvalue weighted by Crippen LogP contribution is 2.25. The second-order valence-electron chi connectivity index (χ2n) is 6.33. The minimum absolute atomic E-state index is 0.287. The van der Waals surface area contributed by atoms with Crippen LogP contribution in [0, 0.1) is 6.92 Å². The third-order valence-electron chi connectivity index (χ3n) is 4.30. The number of benzene rings is 1. The van der Waals surface area contributed by atoms with Crippen molar-refractivity contribution < 1.29 is 0 Å². The van der Waals surface area contributed by atoms with E-state index in [4.69, 9.17) is 11.6 Å². The Balaban J connectivity index is 1.62. The first kappa shape index (κ1) is 16.2. The fourth-order valence-electron chi connectivity index (χ4n) is 2.99. The van der Waals surface area contributed by atoms with Crippen LogP contribution in [0.3, 0.4) is 0 Å². The Labute approximate surface area is 142 Å². The highest BCUT2D eigenvalue weighted by molar-refractivity contribution is 6.30. The first-order valence-corrected chi connectivity index (χ1v) is 8.42. The molecule has 0 amide bonds. The highest BCUT2D eigenvalue weighted by Gasteiger charge is 2.21. The van der Waals surface area contributed by atoms with E-state index in [2.05, 4.69) is 58.2 Å². The summed E-state index contributed by atoms with van der Waals surface area (Å²) in [4.78, 5) is 4.81. The number of nitrogens with zero attached hydrogens (tertiary/aromatic N) is 6. The lowest BCUT2D eigenvalue weighted by atomic mass is 10.1. The van der Waals surface area contributed by atoms with Crippen LogP contribution in [0.15, 0.2) is 18.2 Å². The number of rotatable bonds is 4. The topological polar surface area (TPSA) is 50.1 Å². The van der Waals surface area contributed by atoms with Gasteiger partial charge in [-0.25, -0.2) is 4.68 Å². The minimum atomic E-state index is 0.287. The highest BCUT2D eigenvalue weighted by atomic mass is 35.5. The Bertz CT molecular complexity index is 660. The Morgan fingerprint density at radius 3 is 2.61 bits per heavy atom. The third kappa shape index (κ3) is 3.64. The average molecular weight is 335 g/mol. The SMILES string of the molecule is Cc1ccc(Cl)cc1N1CCN(Cc2nnnn2C(C)C)CC1.